The van der Waals surface area contributed by atoms with Crippen molar-refractivity contribution in [3.63, 3.8) is 0 Å². The molecule has 10 heteroatoms. The first-order valence-corrected chi connectivity index (χ1v) is 11.9. The quantitative estimate of drug-likeness (QED) is 0.210. The number of benzene rings is 3. The maximum Gasteiger partial charge on any atom is 0.232 e. The summed E-state index contributed by atoms with van der Waals surface area (Å²) in [5.74, 6) is 2.47. The first kappa shape index (κ1) is 24.7. The van der Waals surface area contributed by atoms with Gasteiger partial charge >= 0.3 is 0 Å². The maximum absolute atomic E-state index is 10.0. The summed E-state index contributed by atoms with van der Waals surface area (Å²) >= 11 is 0. The zero-order valence-corrected chi connectivity index (χ0v) is 20.6. The van der Waals surface area contributed by atoms with E-state index < -0.39 is 0 Å². The van der Waals surface area contributed by atoms with Crippen LogP contribution in [0.1, 0.15) is 5.56 Å². The van der Waals surface area contributed by atoms with Gasteiger partial charge < -0.3 is 30.0 Å². The summed E-state index contributed by atoms with van der Waals surface area (Å²) in [6, 6.07) is 21.6. The molecule has 0 aliphatic carbocycles. The molecule has 0 amide bonds. The van der Waals surface area contributed by atoms with Crippen LogP contribution in [-0.2, 0) is 6.42 Å². The zero-order valence-electron chi connectivity index (χ0n) is 20.6. The second kappa shape index (κ2) is 11.4. The smallest absolute Gasteiger partial charge is 0.232 e. The third kappa shape index (κ3) is 5.88. The van der Waals surface area contributed by atoms with Gasteiger partial charge in [0, 0.05) is 17.3 Å². The van der Waals surface area contributed by atoms with Gasteiger partial charge in [-0.1, -0.05) is 42.5 Å². The molecule has 3 aromatic carbocycles. The number of phenols is 1. The molecule has 0 saturated heterocycles. The van der Waals surface area contributed by atoms with Crippen molar-refractivity contribution in [1.29, 1.82) is 0 Å². The highest BCUT2D eigenvalue weighted by atomic mass is 16.5. The largest absolute Gasteiger partial charge is 0.508 e. The predicted molar refractivity (Wildman–Crippen MR) is 143 cm³/mol. The highest BCUT2D eigenvalue weighted by Gasteiger charge is 2.15. The molecule has 0 bridgehead atoms. The fourth-order valence-corrected chi connectivity index (χ4v) is 3.92. The van der Waals surface area contributed by atoms with E-state index in [2.05, 4.69) is 30.6 Å². The molecule has 0 aliphatic rings. The Balaban J connectivity index is 1.44. The number of methoxy groups -OCH3 is 1. The summed E-state index contributed by atoms with van der Waals surface area (Å²) in [7, 11) is 1.58. The lowest BCUT2D eigenvalue weighted by atomic mass is 10.1. The summed E-state index contributed by atoms with van der Waals surface area (Å²) in [5.41, 5.74) is 3.23. The van der Waals surface area contributed by atoms with Crippen LogP contribution in [0.4, 0.5) is 17.6 Å². The average molecular weight is 511 g/mol. The highest BCUT2D eigenvalue weighted by Crippen LogP contribution is 2.33. The molecule has 192 valence electrons. The van der Waals surface area contributed by atoms with E-state index in [0.29, 0.717) is 41.3 Å². The van der Waals surface area contributed by atoms with E-state index in [-0.39, 0.29) is 18.4 Å². The molecular formula is C28H26N6O4. The molecule has 5 aromatic rings. The number of anilines is 3. The number of ether oxygens (including phenoxy) is 1. The van der Waals surface area contributed by atoms with Gasteiger partial charge in [0.2, 0.25) is 11.9 Å². The van der Waals surface area contributed by atoms with Crippen LogP contribution in [0.15, 0.2) is 89.8 Å². The van der Waals surface area contributed by atoms with E-state index >= 15 is 0 Å². The van der Waals surface area contributed by atoms with Crippen molar-refractivity contribution in [3.05, 3.63) is 91.0 Å². The van der Waals surface area contributed by atoms with Crippen LogP contribution in [0.3, 0.4) is 0 Å². The molecule has 2 aromatic heterocycles. The second-order valence-electron chi connectivity index (χ2n) is 8.47. The number of aliphatic hydroxyl groups is 1. The number of nitrogens with zero attached hydrogens (tertiary/aromatic N) is 4. The molecule has 0 fully saturated rings. The minimum absolute atomic E-state index is 0.143. The molecular weight excluding hydrogens is 484 g/mol. The maximum atomic E-state index is 10.0. The molecule has 1 atom stereocenters. The topological polar surface area (TPSA) is 138 Å². The van der Waals surface area contributed by atoms with Crippen LogP contribution in [0.5, 0.6) is 11.5 Å². The summed E-state index contributed by atoms with van der Waals surface area (Å²) in [4.78, 5) is 17.8. The Morgan fingerprint density at radius 3 is 2.45 bits per heavy atom. The van der Waals surface area contributed by atoms with Crippen LogP contribution in [0, 0.1) is 0 Å². The van der Waals surface area contributed by atoms with E-state index in [0.717, 1.165) is 16.7 Å². The number of hydrogen-bond donors (Lipinski definition) is 4. The number of hydrogen-bond acceptors (Lipinski definition) is 10. The number of aromatic hydroxyl groups is 1. The van der Waals surface area contributed by atoms with Crippen molar-refractivity contribution in [2.24, 2.45) is 0 Å². The molecule has 10 nitrogen and oxygen atoms in total. The molecule has 0 aliphatic heterocycles. The summed E-state index contributed by atoms with van der Waals surface area (Å²) in [6.45, 7) is -0.143. The van der Waals surface area contributed by atoms with Crippen LogP contribution >= 0.6 is 0 Å². The van der Waals surface area contributed by atoms with Gasteiger partial charge in [0.25, 0.3) is 0 Å². The third-order valence-corrected chi connectivity index (χ3v) is 5.79. The Hall–Kier alpha value is -4.96. The first-order valence-electron chi connectivity index (χ1n) is 11.9. The zero-order chi connectivity index (χ0) is 26.3. The van der Waals surface area contributed by atoms with E-state index in [1.165, 1.54) is 6.39 Å². The monoisotopic (exact) mass is 510 g/mol. The van der Waals surface area contributed by atoms with Crippen molar-refractivity contribution in [1.82, 2.24) is 19.9 Å². The SMILES string of the molecule is COc1cc(Nc2nc(N[C@H](CO)Cc3ccc(O)cc3)nc(-c3ccccc3)n2)ccc1-c1cnco1. The van der Waals surface area contributed by atoms with Crippen LogP contribution in [0.25, 0.3) is 22.7 Å². The van der Waals surface area contributed by atoms with Crippen molar-refractivity contribution in [2.45, 2.75) is 12.5 Å². The van der Waals surface area contributed by atoms with Crippen LogP contribution < -0.4 is 15.4 Å². The Morgan fingerprint density at radius 1 is 0.947 bits per heavy atom. The van der Waals surface area contributed by atoms with Gasteiger partial charge in [-0.2, -0.15) is 15.0 Å². The Kier molecular flexibility index (Phi) is 7.42. The summed E-state index contributed by atoms with van der Waals surface area (Å²) in [5, 5.41) is 26.0. The molecule has 0 spiro atoms. The average Bonchev–Trinajstić information content (AvgIpc) is 3.49. The highest BCUT2D eigenvalue weighted by molar-refractivity contribution is 5.71. The molecule has 4 N–H and O–H groups in total. The summed E-state index contributed by atoms with van der Waals surface area (Å²) < 4.78 is 11.0. The van der Waals surface area contributed by atoms with Crippen LogP contribution in [-0.4, -0.2) is 49.9 Å². The van der Waals surface area contributed by atoms with Crippen molar-refractivity contribution in [3.8, 4) is 34.2 Å². The molecule has 0 saturated carbocycles. The Bertz CT molecular complexity index is 1480. The van der Waals surface area contributed by atoms with Gasteiger partial charge in [0.1, 0.15) is 11.5 Å². The third-order valence-electron chi connectivity index (χ3n) is 5.79. The lowest BCUT2D eigenvalue weighted by Gasteiger charge is -2.18. The van der Waals surface area contributed by atoms with Crippen LogP contribution in [0.2, 0.25) is 0 Å². The van der Waals surface area contributed by atoms with E-state index in [4.69, 9.17) is 9.15 Å². The van der Waals surface area contributed by atoms with Gasteiger partial charge in [-0.15, -0.1) is 0 Å². The normalized spacial score (nSPS) is 11.6. The minimum Gasteiger partial charge on any atom is -0.508 e. The molecule has 5 rings (SSSR count). The second-order valence-corrected chi connectivity index (χ2v) is 8.47. The number of nitrogens with one attached hydrogen (secondary N) is 2. The standard InChI is InChI=1S/C28H26N6O4/c1-37-24-14-20(9-12-23(24)25-15-29-17-38-25)30-27-32-26(19-5-3-2-4-6-19)33-28(34-27)31-21(16-35)13-18-7-10-22(36)11-8-18/h2-12,14-15,17,21,35-36H,13,16H2,1H3,(H2,30,31,32,33,34)/t21-/m0/s1. The molecule has 0 unspecified atom stereocenters. The van der Waals surface area contributed by atoms with Crippen molar-refractivity contribution in [2.75, 3.05) is 24.4 Å². The fourth-order valence-electron chi connectivity index (χ4n) is 3.92. The van der Waals surface area contributed by atoms with Gasteiger partial charge in [-0.25, -0.2) is 4.98 Å². The first-order chi connectivity index (χ1) is 18.6. The van der Waals surface area contributed by atoms with E-state index in [1.54, 1.807) is 25.4 Å². The lowest BCUT2D eigenvalue weighted by molar-refractivity contribution is 0.273. The Labute approximate surface area is 219 Å². The Morgan fingerprint density at radius 2 is 1.74 bits per heavy atom. The molecule has 38 heavy (non-hydrogen) atoms. The van der Waals surface area contributed by atoms with Gasteiger partial charge in [-0.3, -0.25) is 0 Å². The van der Waals surface area contributed by atoms with Gasteiger partial charge in [0.05, 0.1) is 31.5 Å². The molecule has 2 heterocycles. The summed E-state index contributed by atoms with van der Waals surface area (Å²) in [6.07, 6.45) is 3.50. The number of aromatic nitrogens is 4. The molecule has 0 radical (unpaired) electrons. The lowest BCUT2D eigenvalue weighted by Crippen LogP contribution is -2.27. The van der Waals surface area contributed by atoms with Crippen molar-refractivity contribution >= 4 is 17.6 Å². The number of phenolic OH excluding ortho intramolecular Hbond substituents is 1. The van der Waals surface area contributed by atoms with E-state index in [1.807, 2.05) is 60.7 Å². The fraction of sp³-hybridized carbons (Fsp3) is 0.143. The minimum atomic E-state index is -0.361. The van der Waals surface area contributed by atoms with Gasteiger partial charge in [0.15, 0.2) is 18.0 Å². The van der Waals surface area contributed by atoms with E-state index in [9.17, 15) is 10.2 Å². The number of oxazole rings is 1. The van der Waals surface area contributed by atoms with Crippen molar-refractivity contribution < 1.29 is 19.4 Å². The number of aliphatic hydroxyl groups excluding tert-OH is 1. The predicted octanol–water partition coefficient (Wildman–Crippen LogP) is 4.67. The van der Waals surface area contributed by atoms with Gasteiger partial charge in [-0.05, 0) is 36.2 Å². The number of rotatable bonds is 10.